The standard InChI is InChI=1S/C16H21ClN2O2/c1-3-18-15(20)10-19(4-2)16(21)14-9-13(14)11-6-5-7-12(17)8-11/h5-8,13-14H,3-4,9-10H2,1-2H3,(H,18,20)/t13-,14-/m1/s1. The zero-order valence-corrected chi connectivity index (χ0v) is 13.2. The molecule has 1 aliphatic carbocycles. The molecule has 0 aliphatic heterocycles. The van der Waals surface area contributed by atoms with Crippen molar-refractivity contribution in [2.75, 3.05) is 19.6 Å². The highest BCUT2D eigenvalue weighted by Crippen LogP contribution is 2.48. The van der Waals surface area contributed by atoms with Crippen molar-refractivity contribution in [3.63, 3.8) is 0 Å². The number of amides is 2. The quantitative estimate of drug-likeness (QED) is 0.877. The van der Waals surface area contributed by atoms with Crippen LogP contribution in [0.2, 0.25) is 5.02 Å². The van der Waals surface area contributed by atoms with Crippen LogP contribution in [0.3, 0.4) is 0 Å². The lowest BCUT2D eigenvalue weighted by Gasteiger charge is -2.20. The molecule has 1 aromatic rings. The predicted octanol–water partition coefficient (Wildman–Crippen LogP) is 2.43. The summed E-state index contributed by atoms with van der Waals surface area (Å²) < 4.78 is 0. The number of benzene rings is 1. The number of hydrogen-bond donors (Lipinski definition) is 1. The zero-order chi connectivity index (χ0) is 15.4. The maximum Gasteiger partial charge on any atom is 0.239 e. The monoisotopic (exact) mass is 308 g/mol. The highest BCUT2D eigenvalue weighted by Gasteiger charge is 2.45. The van der Waals surface area contributed by atoms with Gasteiger partial charge < -0.3 is 10.2 Å². The fourth-order valence-corrected chi connectivity index (χ4v) is 2.78. The molecule has 5 heteroatoms. The lowest BCUT2D eigenvalue weighted by molar-refractivity contribution is -0.137. The number of likely N-dealkylation sites (N-methyl/N-ethyl adjacent to an activating group) is 2. The number of carbonyl (C=O) groups is 2. The van der Waals surface area contributed by atoms with E-state index in [0.717, 1.165) is 12.0 Å². The molecule has 1 aliphatic rings. The van der Waals surface area contributed by atoms with Crippen molar-refractivity contribution in [3.05, 3.63) is 34.9 Å². The average molecular weight is 309 g/mol. The van der Waals surface area contributed by atoms with Gasteiger partial charge in [0.2, 0.25) is 11.8 Å². The van der Waals surface area contributed by atoms with E-state index in [1.54, 1.807) is 4.90 Å². The van der Waals surface area contributed by atoms with Crippen molar-refractivity contribution in [3.8, 4) is 0 Å². The first-order valence-electron chi connectivity index (χ1n) is 7.37. The Hall–Kier alpha value is -1.55. The van der Waals surface area contributed by atoms with Gasteiger partial charge in [0.15, 0.2) is 0 Å². The van der Waals surface area contributed by atoms with Crippen molar-refractivity contribution in [2.24, 2.45) is 5.92 Å². The summed E-state index contributed by atoms with van der Waals surface area (Å²) in [7, 11) is 0. The van der Waals surface area contributed by atoms with Gasteiger partial charge in [-0.2, -0.15) is 0 Å². The number of nitrogens with one attached hydrogen (secondary N) is 1. The molecule has 21 heavy (non-hydrogen) atoms. The maximum atomic E-state index is 12.5. The van der Waals surface area contributed by atoms with Crippen LogP contribution in [0.5, 0.6) is 0 Å². The van der Waals surface area contributed by atoms with Gasteiger partial charge in [-0.15, -0.1) is 0 Å². The second kappa shape index (κ2) is 6.94. The fraction of sp³-hybridized carbons (Fsp3) is 0.500. The van der Waals surface area contributed by atoms with Crippen molar-refractivity contribution in [1.29, 1.82) is 0 Å². The topological polar surface area (TPSA) is 49.4 Å². The van der Waals surface area contributed by atoms with Crippen molar-refractivity contribution in [1.82, 2.24) is 10.2 Å². The van der Waals surface area contributed by atoms with Crippen LogP contribution in [0.4, 0.5) is 0 Å². The molecular weight excluding hydrogens is 288 g/mol. The molecule has 1 saturated carbocycles. The second-order valence-electron chi connectivity index (χ2n) is 5.31. The lowest BCUT2D eigenvalue weighted by atomic mass is 10.1. The minimum Gasteiger partial charge on any atom is -0.355 e. The van der Waals surface area contributed by atoms with Gasteiger partial charge in [0.05, 0.1) is 6.54 Å². The third-order valence-corrected chi connectivity index (χ3v) is 4.02. The van der Waals surface area contributed by atoms with Crippen LogP contribution in [0.15, 0.2) is 24.3 Å². The van der Waals surface area contributed by atoms with Crippen LogP contribution in [-0.2, 0) is 9.59 Å². The summed E-state index contributed by atoms with van der Waals surface area (Å²) in [4.78, 5) is 25.7. The Bertz CT molecular complexity index is 533. The van der Waals surface area contributed by atoms with Crippen LogP contribution in [0.1, 0.15) is 31.7 Å². The van der Waals surface area contributed by atoms with E-state index in [2.05, 4.69) is 5.32 Å². The van der Waals surface area contributed by atoms with E-state index in [-0.39, 0.29) is 30.2 Å². The third kappa shape index (κ3) is 3.97. The average Bonchev–Trinajstić information content (AvgIpc) is 3.25. The van der Waals surface area contributed by atoms with Crippen molar-refractivity contribution >= 4 is 23.4 Å². The minimum atomic E-state index is -0.104. The van der Waals surface area contributed by atoms with Crippen LogP contribution in [0.25, 0.3) is 0 Å². The minimum absolute atomic E-state index is 0.0159. The number of rotatable bonds is 6. The number of hydrogen-bond acceptors (Lipinski definition) is 2. The van der Waals surface area contributed by atoms with Crippen molar-refractivity contribution < 1.29 is 9.59 Å². The van der Waals surface area contributed by atoms with Crippen LogP contribution < -0.4 is 5.32 Å². The molecule has 0 heterocycles. The fourth-order valence-electron chi connectivity index (χ4n) is 2.58. The molecule has 114 valence electrons. The van der Waals surface area contributed by atoms with E-state index < -0.39 is 0 Å². The molecular formula is C16H21ClN2O2. The molecule has 0 radical (unpaired) electrons. The first kappa shape index (κ1) is 15.8. The molecule has 0 saturated heterocycles. The number of nitrogens with zero attached hydrogens (tertiary/aromatic N) is 1. The third-order valence-electron chi connectivity index (χ3n) is 3.79. The van der Waals surface area contributed by atoms with E-state index in [9.17, 15) is 9.59 Å². The van der Waals surface area contributed by atoms with E-state index in [4.69, 9.17) is 11.6 Å². The van der Waals surface area contributed by atoms with Crippen molar-refractivity contribution in [2.45, 2.75) is 26.2 Å². The van der Waals surface area contributed by atoms with E-state index in [1.165, 1.54) is 0 Å². The van der Waals surface area contributed by atoms with Gasteiger partial charge in [0.1, 0.15) is 0 Å². The Morgan fingerprint density at radius 3 is 2.76 bits per heavy atom. The molecule has 0 spiro atoms. The molecule has 0 unspecified atom stereocenters. The number of carbonyl (C=O) groups excluding carboxylic acids is 2. The van der Waals surface area contributed by atoms with E-state index in [1.807, 2.05) is 38.1 Å². The van der Waals surface area contributed by atoms with Crippen LogP contribution in [0, 0.1) is 5.92 Å². The first-order chi connectivity index (χ1) is 10.1. The molecule has 4 nitrogen and oxygen atoms in total. The summed E-state index contributed by atoms with van der Waals surface area (Å²) in [6.45, 7) is 5.04. The van der Waals surface area contributed by atoms with Gasteiger partial charge in [0, 0.05) is 24.0 Å². The molecule has 0 aromatic heterocycles. The van der Waals surface area contributed by atoms with Gasteiger partial charge in [0.25, 0.3) is 0 Å². The maximum absolute atomic E-state index is 12.5. The first-order valence-corrected chi connectivity index (χ1v) is 7.75. The Morgan fingerprint density at radius 1 is 1.38 bits per heavy atom. The normalized spacial score (nSPS) is 20.0. The molecule has 0 bridgehead atoms. The SMILES string of the molecule is CCNC(=O)CN(CC)C(=O)[C@@H]1C[C@@H]1c1cccc(Cl)c1. The molecule has 1 fully saturated rings. The summed E-state index contributed by atoms with van der Waals surface area (Å²) in [5.74, 6) is 0.179. The zero-order valence-electron chi connectivity index (χ0n) is 12.4. The second-order valence-corrected chi connectivity index (χ2v) is 5.75. The molecule has 2 atom stereocenters. The van der Waals surface area contributed by atoms with Gasteiger partial charge in [-0.25, -0.2) is 0 Å². The highest BCUT2D eigenvalue weighted by atomic mass is 35.5. The molecule has 2 rings (SSSR count). The Kier molecular flexibility index (Phi) is 5.23. The summed E-state index contributed by atoms with van der Waals surface area (Å²) >= 11 is 5.99. The summed E-state index contributed by atoms with van der Waals surface area (Å²) in [5, 5.41) is 3.42. The Labute approximate surface area is 130 Å². The van der Waals surface area contributed by atoms with E-state index >= 15 is 0 Å². The Balaban J connectivity index is 1.96. The van der Waals surface area contributed by atoms with Crippen LogP contribution in [-0.4, -0.2) is 36.3 Å². The molecule has 2 amide bonds. The summed E-state index contributed by atoms with van der Waals surface area (Å²) in [6, 6.07) is 7.66. The van der Waals surface area contributed by atoms with Gasteiger partial charge in [-0.3, -0.25) is 9.59 Å². The van der Waals surface area contributed by atoms with Gasteiger partial charge >= 0.3 is 0 Å². The van der Waals surface area contributed by atoms with E-state index in [0.29, 0.717) is 18.1 Å². The Morgan fingerprint density at radius 2 is 2.14 bits per heavy atom. The predicted molar refractivity (Wildman–Crippen MR) is 83.2 cm³/mol. The smallest absolute Gasteiger partial charge is 0.239 e. The molecule has 1 aromatic carbocycles. The highest BCUT2D eigenvalue weighted by molar-refractivity contribution is 6.30. The summed E-state index contributed by atoms with van der Waals surface area (Å²) in [5.41, 5.74) is 1.11. The number of halogens is 1. The molecule has 1 N–H and O–H groups in total. The lowest BCUT2D eigenvalue weighted by Crippen LogP contribution is -2.41. The van der Waals surface area contributed by atoms with Gasteiger partial charge in [-0.1, -0.05) is 23.7 Å². The summed E-state index contributed by atoms with van der Waals surface area (Å²) in [6.07, 6.45) is 0.838. The largest absolute Gasteiger partial charge is 0.355 e. The van der Waals surface area contributed by atoms with Crippen LogP contribution >= 0.6 is 11.6 Å². The van der Waals surface area contributed by atoms with Gasteiger partial charge in [-0.05, 0) is 43.9 Å².